The van der Waals surface area contributed by atoms with Crippen LogP contribution in [0.15, 0.2) is 52.5 Å². The zero-order valence-corrected chi connectivity index (χ0v) is 12.5. The molecule has 1 aliphatic rings. The summed E-state index contributed by atoms with van der Waals surface area (Å²) in [6, 6.07) is 10.1. The normalized spacial score (nSPS) is 13.0. The van der Waals surface area contributed by atoms with Gasteiger partial charge in [0.2, 0.25) is 6.79 Å². The number of fused-ring (bicyclic) bond motifs is 1. The molecule has 2 heterocycles. The molecule has 0 radical (unpaired) electrons. The minimum absolute atomic E-state index is 0.0857. The minimum Gasteiger partial charge on any atom is -0.454 e. The van der Waals surface area contributed by atoms with Gasteiger partial charge in [-0.25, -0.2) is 5.43 Å². The van der Waals surface area contributed by atoms with Gasteiger partial charge in [0.1, 0.15) is 6.54 Å². The molecule has 7 nitrogen and oxygen atoms in total. The number of hydrazone groups is 1. The predicted molar refractivity (Wildman–Crippen MR) is 83.6 cm³/mol. The predicted octanol–water partition coefficient (Wildman–Crippen LogP) is 1.12. The lowest BCUT2D eigenvalue weighted by atomic mass is 10.1. The van der Waals surface area contributed by atoms with Crippen LogP contribution in [0.25, 0.3) is 0 Å². The van der Waals surface area contributed by atoms with Crippen LogP contribution < -0.4 is 20.5 Å². The summed E-state index contributed by atoms with van der Waals surface area (Å²) in [6.45, 7) is 1.89. The SMILES string of the molecule is C/C(=N/NC(=O)Cn1ccccc1=O)c1ccc2c(c1)OCO2. The molecule has 7 heteroatoms. The van der Waals surface area contributed by atoms with Crippen molar-refractivity contribution in [3.05, 3.63) is 58.5 Å². The van der Waals surface area contributed by atoms with Gasteiger partial charge in [-0.05, 0) is 31.2 Å². The van der Waals surface area contributed by atoms with Crippen LogP contribution in [-0.4, -0.2) is 23.0 Å². The Labute approximate surface area is 132 Å². The van der Waals surface area contributed by atoms with Gasteiger partial charge in [-0.3, -0.25) is 9.59 Å². The van der Waals surface area contributed by atoms with Crippen molar-refractivity contribution in [1.82, 2.24) is 9.99 Å². The van der Waals surface area contributed by atoms with Gasteiger partial charge in [0, 0.05) is 17.8 Å². The molecular formula is C16H15N3O4. The van der Waals surface area contributed by atoms with Crippen molar-refractivity contribution in [2.75, 3.05) is 6.79 Å². The number of benzene rings is 1. The Morgan fingerprint density at radius 2 is 2.09 bits per heavy atom. The number of carbonyl (C=O) groups is 1. The molecule has 0 unspecified atom stereocenters. The molecule has 3 rings (SSSR count). The second-order valence-corrected chi connectivity index (χ2v) is 4.97. The topological polar surface area (TPSA) is 81.9 Å². The summed E-state index contributed by atoms with van der Waals surface area (Å²) >= 11 is 0. The number of aromatic nitrogens is 1. The molecule has 1 amide bonds. The van der Waals surface area contributed by atoms with E-state index in [0.717, 1.165) is 5.56 Å². The third-order valence-corrected chi connectivity index (χ3v) is 3.35. The van der Waals surface area contributed by atoms with Gasteiger partial charge in [0.15, 0.2) is 11.5 Å². The highest BCUT2D eigenvalue weighted by molar-refractivity contribution is 5.99. The van der Waals surface area contributed by atoms with E-state index in [0.29, 0.717) is 17.2 Å². The molecular weight excluding hydrogens is 298 g/mol. The van der Waals surface area contributed by atoms with Gasteiger partial charge in [-0.2, -0.15) is 5.10 Å². The summed E-state index contributed by atoms with van der Waals surface area (Å²) in [7, 11) is 0. The van der Waals surface area contributed by atoms with Gasteiger partial charge in [-0.15, -0.1) is 0 Å². The minimum atomic E-state index is -0.376. The number of carbonyl (C=O) groups excluding carboxylic acids is 1. The molecule has 1 aromatic heterocycles. The molecule has 23 heavy (non-hydrogen) atoms. The average Bonchev–Trinajstić information content (AvgIpc) is 3.02. The first kappa shape index (κ1) is 14.8. The van der Waals surface area contributed by atoms with E-state index >= 15 is 0 Å². The Bertz CT molecular complexity index is 826. The number of hydrogen-bond donors (Lipinski definition) is 1. The highest BCUT2D eigenvalue weighted by Gasteiger charge is 2.14. The van der Waals surface area contributed by atoms with Gasteiger partial charge < -0.3 is 14.0 Å². The van der Waals surface area contributed by atoms with Crippen LogP contribution in [0.2, 0.25) is 0 Å². The number of ether oxygens (including phenoxy) is 2. The van der Waals surface area contributed by atoms with Crippen molar-refractivity contribution in [2.45, 2.75) is 13.5 Å². The monoisotopic (exact) mass is 313 g/mol. The van der Waals surface area contributed by atoms with Crippen LogP contribution in [0.1, 0.15) is 12.5 Å². The van der Waals surface area contributed by atoms with E-state index in [9.17, 15) is 9.59 Å². The van der Waals surface area contributed by atoms with Crippen LogP contribution in [0.3, 0.4) is 0 Å². The van der Waals surface area contributed by atoms with E-state index in [2.05, 4.69) is 10.5 Å². The largest absolute Gasteiger partial charge is 0.454 e. The zero-order chi connectivity index (χ0) is 16.2. The molecule has 0 saturated heterocycles. The van der Waals surface area contributed by atoms with E-state index < -0.39 is 0 Å². The number of rotatable bonds is 4. The summed E-state index contributed by atoms with van der Waals surface area (Å²) < 4.78 is 11.9. The van der Waals surface area contributed by atoms with Crippen LogP contribution >= 0.6 is 0 Å². The summed E-state index contributed by atoms with van der Waals surface area (Å²) in [4.78, 5) is 23.4. The fourth-order valence-electron chi connectivity index (χ4n) is 2.11. The van der Waals surface area contributed by atoms with Gasteiger partial charge in [0.25, 0.3) is 11.5 Å². The standard InChI is InChI=1S/C16H15N3O4/c1-11(12-5-6-13-14(8-12)23-10-22-13)17-18-15(20)9-19-7-3-2-4-16(19)21/h2-8H,9-10H2,1H3,(H,18,20)/b17-11-. The number of pyridine rings is 1. The van der Waals surface area contributed by atoms with Gasteiger partial charge in [-0.1, -0.05) is 6.07 Å². The molecule has 1 aliphatic heterocycles. The molecule has 2 aromatic rings. The van der Waals surface area contributed by atoms with E-state index in [-0.39, 0.29) is 24.8 Å². The van der Waals surface area contributed by atoms with Gasteiger partial charge in [0.05, 0.1) is 5.71 Å². The van der Waals surface area contributed by atoms with Crippen molar-refractivity contribution in [1.29, 1.82) is 0 Å². The smallest absolute Gasteiger partial charge is 0.260 e. The molecule has 0 atom stereocenters. The number of nitrogens with zero attached hydrogens (tertiary/aromatic N) is 2. The Hall–Kier alpha value is -3.09. The molecule has 0 fully saturated rings. The van der Waals surface area contributed by atoms with Crippen LogP contribution in [0.4, 0.5) is 0 Å². The Balaban J connectivity index is 1.66. The second-order valence-electron chi connectivity index (χ2n) is 4.97. The third-order valence-electron chi connectivity index (χ3n) is 3.35. The third kappa shape index (κ3) is 3.39. The lowest BCUT2D eigenvalue weighted by Crippen LogP contribution is -2.29. The van der Waals surface area contributed by atoms with Crippen molar-refractivity contribution >= 4 is 11.6 Å². The highest BCUT2D eigenvalue weighted by atomic mass is 16.7. The molecule has 0 bridgehead atoms. The zero-order valence-electron chi connectivity index (χ0n) is 12.5. The van der Waals surface area contributed by atoms with Crippen LogP contribution in [0.5, 0.6) is 11.5 Å². The Kier molecular flexibility index (Phi) is 4.09. The lowest BCUT2D eigenvalue weighted by Gasteiger charge is -2.05. The second kappa shape index (κ2) is 6.35. The van der Waals surface area contributed by atoms with Crippen molar-refractivity contribution in [2.24, 2.45) is 5.10 Å². The number of amides is 1. The first-order valence-corrected chi connectivity index (χ1v) is 7.02. The van der Waals surface area contributed by atoms with Gasteiger partial charge >= 0.3 is 0 Å². The van der Waals surface area contributed by atoms with E-state index in [4.69, 9.17) is 9.47 Å². The molecule has 0 aliphatic carbocycles. The van der Waals surface area contributed by atoms with Crippen LogP contribution in [-0.2, 0) is 11.3 Å². The van der Waals surface area contributed by atoms with E-state index in [1.807, 2.05) is 6.07 Å². The summed E-state index contributed by atoms with van der Waals surface area (Å²) in [6.07, 6.45) is 1.55. The van der Waals surface area contributed by atoms with Crippen molar-refractivity contribution < 1.29 is 14.3 Å². The number of hydrogen-bond acceptors (Lipinski definition) is 5. The van der Waals surface area contributed by atoms with Crippen LogP contribution in [0, 0.1) is 0 Å². The fourth-order valence-corrected chi connectivity index (χ4v) is 2.11. The summed E-state index contributed by atoms with van der Waals surface area (Å²) in [5.74, 6) is 0.964. The molecule has 1 aromatic carbocycles. The maximum Gasteiger partial charge on any atom is 0.260 e. The molecule has 0 spiro atoms. The summed E-state index contributed by atoms with van der Waals surface area (Å²) in [5.41, 5.74) is 3.64. The molecule has 0 saturated carbocycles. The van der Waals surface area contributed by atoms with E-state index in [1.54, 1.807) is 37.4 Å². The first-order valence-electron chi connectivity index (χ1n) is 7.02. The highest BCUT2D eigenvalue weighted by Crippen LogP contribution is 2.32. The van der Waals surface area contributed by atoms with Crippen molar-refractivity contribution in [3.8, 4) is 11.5 Å². The van der Waals surface area contributed by atoms with E-state index in [1.165, 1.54) is 10.6 Å². The maximum absolute atomic E-state index is 11.9. The lowest BCUT2D eigenvalue weighted by molar-refractivity contribution is -0.121. The average molecular weight is 313 g/mol. The quantitative estimate of drug-likeness (QED) is 0.677. The number of nitrogens with one attached hydrogen (secondary N) is 1. The first-order chi connectivity index (χ1) is 11.1. The Morgan fingerprint density at radius 1 is 1.26 bits per heavy atom. The summed E-state index contributed by atoms with van der Waals surface area (Å²) in [5, 5.41) is 4.05. The fraction of sp³-hybridized carbons (Fsp3) is 0.188. The van der Waals surface area contributed by atoms with Crippen molar-refractivity contribution in [3.63, 3.8) is 0 Å². The molecule has 1 N–H and O–H groups in total. The maximum atomic E-state index is 11.9. The molecule has 118 valence electrons. The Morgan fingerprint density at radius 3 is 2.91 bits per heavy atom.